The predicted octanol–water partition coefficient (Wildman–Crippen LogP) is 3.35. The van der Waals surface area contributed by atoms with E-state index in [9.17, 15) is 0 Å². The quantitative estimate of drug-likeness (QED) is 0.599. The Morgan fingerprint density at radius 2 is 0.944 bits per heavy atom. The molecule has 4 heteroatoms. The van der Waals surface area contributed by atoms with Crippen molar-refractivity contribution in [2.24, 2.45) is 0 Å². The molecular weight excluding hydrogens is 252 g/mol. The predicted molar refractivity (Wildman–Crippen MR) is 89.5 cm³/mol. The maximum absolute atomic E-state index is 4.19. The van der Waals surface area contributed by atoms with Gasteiger partial charge in [-0.15, -0.1) is 13.2 Å². The van der Waals surface area contributed by atoms with Crippen molar-refractivity contribution in [1.29, 1.82) is 0 Å². The monoisotopic (exact) mass is 284 g/mol. The third-order valence-electron chi connectivity index (χ3n) is 4.66. The molecule has 0 N–H and O–H groups in total. The highest BCUT2D eigenvalue weighted by molar-refractivity contribution is 7.43. The Bertz CT molecular complexity index is 247. The Labute approximate surface area is 116 Å². The summed E-state index contributed by atoms with van der Waals surface area (Å²) in [5.41, 5.74) is 4.57. The maximum Gasteiger partial charge on any atom is 0.160 e. The lowest BCUT2D eigenvalue weighted by molar-refractivity contribution is 0.453. The summed E-state index contributed by atoms with van der Waals surface area (Å²) in [6.45, 7) is 26.8. The van der Waals surface area contributed by atoms with Gasteiger partial charge < -0.3 is 9.13 Å². The molecule has 0 bridgehead atoms. The third-order valence-corrected chi connectivity index (χ3v) is 21.5. The molecule has 0 aromatic rings. The second kappa shape index (κ2) is 7.43. The number of hydrogen-bond donors (Lipinski definition) is 0. The van der Waals surface area contributed by atoms with Crippen LogP contribution in [-0.2, 0) is 0 Å². The average molecular weight is 285 g/mol. The van der Waals surface area contributed by atoms with Crippen molar-refractivity contribution in [3.05, 3.63) is 24.6 Å². The van der Waals surface area contributed by atoms with Crippen LogP contribution in [0.1, 0.15) is 27.7 Å². The summed E-state index contributed by atoms with van der Waals surface area (Å²) in [6.07, 6.45) is 0. The Balaban J connectivity index is 5.69. The second-order valence-electron chi connectivity index (χ2n) is 5.05. The van der Waals surface area contributed by atoms with Crippen LogP contribution in [0.4, 0.5) is 0 Å². The van der Waals surface area contributed by atoms with Gasteiger partial charge in [0.2, 0.25) is 0 Å². The van der Waals surface area contributed by atoms with E-state index in [2.05, 4.69) is 74.5 Å². The topological polar surface area (TPSA) is 6.48 Å². The molecular formula is C14H32N2Si2. The molecule has 0 aromatic heterocycles. The summed E-state index contributed by atoms with van der Waals surface area (Å²) in [6, 6.07) is 0. The molecule has 2 unspecified atom stereocenters. The molecule has 0 saturated heterocycles. The van der Waals surface area contributed by atoms with Crippen LogP contribution in [0.5, 0.6) is 0 Å². The van der Waals surface area contributed by atoms with Crippen molar-refractivity contribution in [3.8, 4) is 0 Å². The molecule has 106 valence electrons. The molecule has 0 rings (SSSR count). The first-order chi connectivity index (χ1) is 8.41. The number of rotatable bonds is 9. The van der Waals surface area contributed by atoms with E-state index >= 15 is 0 Å². The average Bonchev–Trinajstić information content (AvgIpc) is 2.40. The summed E-state index contributed by atoms with van der Waals surface area (Å²) in [7, 11) is -3.34. The molecule has 18 heavy (non-hydrogen) atoms. The minimum absolute atomic E-state index is 1.11. The first-order valence-electron chi connectivity index (χ1n) is 7.18. The van der Waals surface area contributed by atoms with Gasteiger partial charge in [-0.05, 0) is 26.2 Å². The fourth-order valence-corrected chi connectivity index (χ4v) is 16.5. The van der Waals surface area contributed by atoms with Gasteiger partial charge in [0.25, 0.3) is 0 Å². The first kappa shape index (κ1) is 17.8. The first-order valence-corrected chi connectivity index (χ1v) is 13.2. The van der Waals surface area contributed by atoms with Gasteiger partial charge in [0.15, 0.2) is 15.5 Å². The van der Waals surface area contributed by atoms with E-state index in [-0.39, 0.29) is 0 Å². The lowest BCUT2D eigenvalue weighted by Crippen LogP contribution is -2.74. The molecule has 0 heterocycles. The van der Waals surface area contributed by atoms with E-state index in [4.69, 9.17) is 0 Å². The fourth-order valence-electron chi connectivity index (χ4n) is 3.07. The minimum atomic E-state index is -1.67. The summed E-state index contributed by atoms with van der Waals surface area (Å²) in [4.78, 5) is 0. The Morgan fingerprint density at radius 1 is 0.722 bits per heavy atom. The Kier molecular flexibility index (Phi) is 7.36. The highest BCUT2D eigenvalue weighted by Crippen LogP contribution is 2.28. The molecule has 0 fully saturated rings. The summed E-state index contributed by atoms with van der Waals surface area (Å²) in [5, 5.41) is 0. The van der Waals surface area contributed by atoms with E-state index in [1.807, 2.05) is 0 Å². The van der Waals surface area contributed by atoms with Crippen molar-refractivity contribution in [2.75, 3.05) is 26.2 Å². The summed E-state index contributed by atoms with van der Waals surface area (Å²) >= 11 is 0. The van der Waals surface area contributed by atoms with E-state index in [1.165, 1.54) is 0 Å². The molecule has 0 aliphatic rings. The van der Waals surface area contributed by atoms with Gasteiger partial charge in [-0.3, -0.25) is 0 Å². The Morgan fingerprint density at radius 3 is 1.06 bits per heavy atom. The zero-order chi connectivity index (χ0) is 14.4. The molecule has 0 saturated carbocycles. The van der Waals surface area contributed by atoms with E-state index in [0.29, 0.717) is 0 Å². The standard InChI is InChI=1S/C14H32N2Si2/c1-9-15(10-2)17(7,13-5)18(8,14-6)16(11-3)12-4/h13-14H,5-6,9-12H2,1-4,7-8H3. The van der Waals surface area contributed by atoms with Crippen LogP contribution in [-0.4, -0.2) is 50.8 Å². The Hall–Kier alpha value is -0.166. The van der Waals surface area contributed by atoms with Gasteiger partial charge >= 0.3 is 0 Å². The molecule has 0 spiro atoms. The van der Waals surface area contributed by atoms with Crippen LogP contribution in [0, 0.1) is 0 Å². The number of nitrogens with zero attached hydrogens (tertiary/aromatic N) is 2. The molecule has 0 aromatic carbocycles. The minimum Gasteiger partial charge on any atom is -0.322 e. The van der Waals surface area contributed by atoms with Crippen molar-refractivity contribution >= 4 is 15.5 Å². The van der Waals surface area contributed by atoms with Crippen LogP contribution in [0.3, 0.4) is 0 Å². The largest absolute Gasteiger partial charge is 0.322 e. The highest BCUT2D eigenvalue weighted by atomic mass is 29.3. The molecule has 2 nitrogen and oxygen atoms in total. The second-order valence-corrected chi connectivity index (χ2v) is 17.8. The van der Waals surface area contributed by atoms with Crippen LogP contribution in [0.25, 0.3) is 0 Å². The zero-order valence-corrected chi connectivity index (χ0v) is 15.3. The van der Waals surface area contributed by atoms with Crippen LogP contribution >= 0.6 is 0 Å². The van der Waals surface area contributed by atoms with Crippen molar-refractivity contribution in [2.45, 2.75) is 40.8 Å². The van der Waals surface area contributed by atoms with Gasteiger partial charge in [0.1, 0.15) is 0 Å². The van der Waals surface area contributed by atoms with E-state index in [0.717, 1.165) is 26.2 Å². The SMILES string of the molecule is C=C[Si](C)(N(CC)CC)[Si](C)(C=C)N(CC)CC. The van der Waals surface area contributed by atoms with Crippen molar-refractivity contribution < 1.29 is 0 Å². The van der Waals surface area contributed by atoms with Gasteiger partial charge in [-0.1, -0.05) is 52.2 Å². The van der Waals surface area contributed by atoms with Gasteiger partial charge in [0, 0.05) is 0 Å². The normalized spacial score (nSPS) is 18.4. The van der Waals surface area contributed by atoms with Crippen molar-refractivity contribution in [1.82, 2.24) is 9.13 Å². The fraction of sp³-hybridized carbons (Fsp3) is 0.714. The maximum atomic E-state index is 4.19. The molecule has 0 aliphatic carbocycles. The van der Waals surface area contributed by atoms with E-state index < -0.39 is 15.5 Å². The van der Waals surface area contributed by atoms with Crippen LogP contribution in [0.2, 0.25) is 13.1 Å². The van der Waals surface area contributed by atoms with E-state index in [1.54, 1.807) is 0 Å². The van der Waals surface area contributed by atoms with Crippen LogP contribution in [0.15, 0.2) is 24.6 Å². The number of hydrogen-bond acceptors (Lipinski definition) is 2. The van der Waals surface area contributed by atoms with Crippen molar-refractivity contribution in [3.63, 3.8) is 0 Å². The molecule has 2 atom stereocenters. The van der Waals surface area contributed by atoms with Gasteiger partial charge in [-0.2, -0.15) is 0 Å². The highest BCUT2D eigenvalue weighted by Gasteiger charge is 2.51. The lowest BCUT2D eigenvalue weighted by Gasteiger charge is -2.51. The van der Waals surface area contributed by atoms with Gasteiger partial charge in [-0.25, -0.2) is 0 Å². The molecule has 0 amide bonds. The molecule has 0 radical (unpaired) electrons. The third kappa shape index (κ3) is 2.87. The smallest absolute Gasteiger partial charge is 0.160 e. The van der Waals surface area contributed by atoms with Gasteiger partial charge in [0.05, 0.1) is 0 Å². The van der Waals surface area contributed by atoms with Crippen LogP contribution < -0.4 is 0 Å². The molecule has 0 aliphatic heterocycles. The zero-order valence-electron chi connectivity index (χ0n) is 13.3. The lowest BCUT2D eigenvalue weighted by atomic mass is 10.7. The summed E-state index contributed by atoms with van der Waals surface area (Å²) < 4.78 is 5.32. The summed E-state index contributed by atoms with van der Waals surface area (Å²) in [5.74, 6) is 0.